The number of halogens is 2. The Labute approximate surface area is 66.3 Å². The van der Waals surface area contributed by atoms with Gasteiger partial charge in [0.25, 0.3) is 0 Å². The van der Waals surface area contributed by atoms with Gasteiger partial charge in [0.05, 0.1) is 0 Å². The topological polar surface area (TPSA) is 47.6 Å². The molecule has 0 rings (SSSR count). The number of nitrogens with one attached hydrogen (secondary N) is 2. The summed E-state index contributed by atoms with van der Waals surface area (Å²) in [5, 5.41) is 0. The molecule has 0 saturated heterocycles. The van der Waals surface area contributed by atoms with Crippen molar-refractivity contribution in [1.82, 2.24) is 0 Å². The molecule has 0 bridgehead atoms. The third-order valence-electron chi connectivity index (χ3n) is 0.306. The van der Waals surface area contributed by atoms with Gasteiger partial charge in [-0.25, -0.2) is 0 Å². The minimum absolute atomic E-state index is 0.199. The Morgan fingerprint density at radius 1 is 1.62 bits per heavy atom. The molecule has 1 unspecified atom stereocenters. The van der Waals surface area contributed by atoms with E-state index in [4.69, 9.17) is 30.3 Å². The standard InChI is InChI=1S/C3H8N2.2ClH.Pt/c1-3(5)2-4;;;/h3-5H,2H2,1H3;2*1H;/q-2;;;+4/p-2. The second kappa shape index (κ2) is 11.0. The van der Waals surface area contributed by atoms with Gasteiger partial charge in [0, 0.05) is 0 Å². The molecule has 0 spiro atoms. The Hall–Kier alpha value is 1.19. The zero-order chi connectivity index (χ0) is 6.99. The maximum absolute atomic E-state index is 6.64. The summed E-state index contributed by atoms with van der Waals surface area (Å²) in [6.07, 6.45) is 0. The van der Waals surface area contributed by atoms with Crippen LogP contribution in [0.4, 0.5) is 0 Å². The van der Waals surface area contributed by atoms with Crippen LogP contribution in [0.3, 0.4) is 0 Å². The molecule has 1 atom stereocenters. The Bertz CT molecular complexity index is 36.5. The number of hydrogen-bond acceptors (Lipinski definition) is 0. The zero-order valence-corrected chi connectivity index (χ0v) is 8.14. The van der Waals surface area contributed by atoms with Crippen molar-refractivity contribution in [1.29, 1.82) is 0 Å². The first kappa shape index (κ1) is 11.9. The second-order valence-corrected chi connectivity index (χ2v) is 4.43. The molecule has 2 nitrogen and oxygen atoms in total. The van der Waals surface area contributed by atoms with Gasteiger partial charge >= 0.3 is 35.3 Å². The molecule has 0 aliphatic heterocycles. The Morgan fingerprint density at radius 2 is 1.75 bits per heavy atom. The first-order chi connectivity index (χ1) is 3.68. The fourth-order valence-electron chi connectivity index (χ4n) is 0. The van der Waals surface area contributed by atoms with E-state index in [2.05, 4.69) is 0 Å². The van der Waals surface area contributed by atoms with E-state index in [1.807, 2.05) is 0 Å². The van der Waals surface area contributed by atoms with Crippen molar-refractivity contribution < 1.29 is 16.5 Å². The predicted molar refractivity (Wildman–Crippen MR) is 34.7 cm³/mol. The maximum atomic E-state index is 6.64. The first-order valence-corrected chi connectivity index (χ1v) is 7.50. The number of rotatable bonds is 1. The van der Waals surface area contributed by atoms with Gasteiger partial charge in [0.15, 0.2) is 0 Å². The molecule has 0 aromatic carbocycles. The molecular weight excluding hydrogens is 330 g/mol. The molecule has 5 heteroatoms. The van der Waals surface area contributed by atoms with E-state index in [0.717, 1.165) is 0 Å². The summed E-state index contributed by atoms with van der Waals surface area (Å²) in [5.41, 5.74) is 13.1. The van der Waals surface area contributed by atoms with E-state index in [-0.39, 0.29) is 12.6 Å². The monoisotopic (exact) mass is 337 g/mol. The van der Waals surface area contributed by atoms with Gasteiger partial charge in [-0.05, 0) is 0 Å². The molecule has 0 aromatic heterocycles. The van der Waals surface area contributed by atoms with Gasteiger partial charge in [-0.1, -0.05) is 6.92 Å². The van der Waals surface area contributed by atoms with Crippen molar-refractivity contribution in [2.45, 2.75) is 13.0 Å². The molecule has 54 valence electrons. The Balaban J connectivity index is 0. The van der Waals surface area contributed by atoms with E-state index < -0.39 is 16.5 Å². The molecule has 0 aliphatic carbocycles. The van der Waals surface area contributed by atoms with E-state index in [9.17, 15) is 0 Å². The Morgan fingerprint density at radius 3 is 1.75 bits per heavy atom. The fraction of sp³-hybridized carbons (Fsp3) is 1.00. The van der Waals surface area contributed by atoms with Gasteiger partial charge in [-0.15, -0.1) is 0 Å². The minimum atomic E-state index is -0.472. The van der Waals surface area contributed by atoms with Crippen LogP contribution in [0.5, 0.6) is 0 Å². The van der Waals surface area contributed by atoms with Gasteiger partial charge < -0.3 is 11.5 Å². The molecule has 8 heavy (non-hydrogen) atoms. The van der Waals surface area contributed by atoms with E-state index in [1.165, 1.54) is 0 Å². The molecule has 0 radical (unpaired) electrons. The summed E-state index contributed by atoms with van der Waals surface area (Å²) in [4.78, 5) is 0. The van der Waals surface area contributed by atoms with Crippen LogP contribution in [0, 0.1) is 0 Å². The average Bonchev–Trinajstić information content (AvgIpc) is 1.69. The van der Waals surface area contributed by atoms with Crippen LogP contribution in [0.25, 0.3) is 11.5 Å². The zero-order valence-electron chi connectivity index (χ0n) is 4.36. The second-order valence-electron chi connectivity index (χ2n) is 1.15. The molecule has 0 fully saturated rings. The summed E-state index contributed by atoms with van der Waals surface area (Å²) in [6, 6.07) is -0.199. The molecule has 2 N–H and O–H groups in total. The van der Waals surface area contributed by atoms with Crippen molar-refractivity contribution in [2.75, 3.05) is 6.54 Å². The van der Waals surface area contributed by atoms with E-state index in [0.29, 0.717) is 0 Å². The van der Waals surface area contributed by atoms with Crippen LogP contribution in [-0.2, 0) is 16.5 Å². The molecule has 0 aliphatic rings. The summed E-state index contributed by atoms with van der Waals surface area (Å²) < 4.78 is 0. The van der Waals surface area contributed by atoms with Crippen molar-refractivity contribution in [3.63, 3.8) is 0 Å². The van der Waals surface area contributed by atoms with Gasteiger partial charge in [0.2, 0.25) is 0 Å². The summed E-state index contributed by atoms with van der Waals surface area (Å²) in [6.45, 7) is 1.92. The summed E-state index contributed by atoms with van der Waals surface area (Å²) in [5.74, 6) is 0. The molecular formula is C3H8Cl2N2Pt. The van der Waals surface area contributed by atoms with Gasteiger partial charge in [-0.3, -0.25) is 0 Å². The quantitative estimate of drug-likeness (QED) is 0.706. The number of hydrogen-bond donors (Lipinski definition) is 0. The SMILES string of the molecule is CC([NH-])C[NH-].[Cl][Pt+2][Cl]. The summed E-state index contributed by atoms with van der Waals surface area (Å²) >= 11 is -0.472. The average molecular weight is 338 g/mol. The fourth-order valence-corrected chi connectivity index (χ4v) is 0. The van der Waals surface area contributed by atoms with Gasteiger partial charge in [0.1, 0.15) is 0 Å². The van der Waals surface area contributed by atoms with Crippen LogP contribution >= 0.6 is 18.8 Å². The van der Waals surface area contributed by atoms with Crippen LogP contribution in [0.1, 0.15) is 6.92 Å². The molecule has 0 heterocycles. The van der Waals surface area contributed by atoms with Crippen LogP contribution in [-0.4, -0.2) is 12.6 Å². The van der Waals surface area contributed by atoms with Crippen LogP contribution in [0.15, 0.2) is 0 Å². The predicted octanol–water partition coefficient (Wildman–Crippen LogP) is 2.86. The molecule has 0 aromatic rings. The normalized spacial score (nSPS) is 12.1. The third kappa shape index (κ3) is 27.1. The van der Waals surface area contributed by atoms with Crippen molar-refractivity contribution in [2.24, 2.45) is 0 Å². The molecule has 0 saturated carbocycles. The van der Waals surface area contributed by atoms with Crippen LogP contribution < -0.4 is 0 Å². The third-order valence-corrected chi connectivity index (χ3v) is 0.306. The van der Waals surface area contributed by atoms with Crippen molar-refractivity contribution >= 4 is 18.8 Å². The van der Waals surface area contributed by atoms with E-state index >= 15 is 0 Å². The first-order valence-electron chi connectivity index (χ1n) is 1.87. The van der Waals surface area contributed by atoms with Gasteiger partial charge in [-0.2, -0.15) is 12.6 Å². The Kier molecular flexibility index (Phi) is 16.5. The van der Waals surface area contributed by atoms with Crippen molar-refractivity contribution in [3.8, 4) is 0 Å². The van der Waals surface area contributed by atoms with Crippen molar-refractivity contribution in [3.05, 3.63) is 11.5 Å². The van der Waals surface area contributed by atoms with Crippen LogP contribution in [0.2, 0.25) is 0 Å². The molecule has 0 amide bonds. The summed E-state index contributed by atoms with van der Waals surface area (Å²) in [7, 11) is 9.75. The van der Waals surface area contributed by atoms with E-state index in [1.54, 1.807) is 6.92 Å².